The van der Waals surface area contributed by atoms with E-state index in [2.05, 4.69) is 0 Å². The monoisotopic (exact) mass is 216 g/mol. The number of thiophene rings is 1. The molecule has 78 valence electrons. The topological polar surface area (TPSA) is 66.8 Å². The number of aryl methyl sites for hydroxylation is 1. The van der Waals surface area contributed by atoms with Crippen molar-refractivity contribution in [2.45, 2.75) is 20.0 Å². The number of hydrogen-bond donors (Lipinski definition) is 2. The van der Waals surface area contributed by atoms with Crippen LogP contribution < -0.4 is 4.74 Å². The van der Waals surface area contributed by atoms with Gasteiger partial charge in [0.05, 0.1) is 6.10 Å². The van der Waals surface area contributed by atoms with Crippen molar-refractivity contribution in [3.8, 4) is 5.75 Å². The second kappa shape index (κ2) is 4.43. The van der Waals surface area contributed by atoms with E-state index in [4.69, 9.17) is 14.9 Å². The molecule has 1 heterocycles. The predicted molar refractivity (Wildman–Crippen MR) is 53.2 cm³/mol. The molecule has 14 heavy (non-hydrogen) atoms. The van der Waals surface area contributed by atoms with Gasteiger partial charge in [-0.15, -0.1) is 11.3 Å². The third-order valence-corrected chi connectivity index (χ3v) is 2.52. The molecule has 4 nitrogen and oxygen atoms in total. The first kappa shape index (κ1) is 11.0. The van der Waals surface area contributed by atoms with Gasteiger partial charge in [0.1, 0.15) is 12.4 Å². The predicted octanol–water partition coefficient (Wildman–Crippen LogP) is 1.51. The summed E-state index contributed by atoms with van der Waals surface area (Å²) in [7, 11) is 0. The number of carboxylic acid groups (broad SMARTS) is 1. The summed E-state index contributed by atoms with van der Waals surface area (Å²) in [5.41, 5.74) is 0. The highest BCUT2D eigenvalue weighted by atomic mass is 32.1. The summed E-state index contributed by atoms with van der Waals surface area (Å²) in [5, 5.41) is 17.8. The van der Waals surface area contributed by atoms with E-state index in [1.807, 2.05) is 6.92 Å². The smallest absolute Gasteiger partial charge is 0.349 e. The van der Waals surface area contributed by atoms with Crippen molar-refractivity contribution in [1.29, 1.82) is 0 Å². The highest BCUT2D eigenvalue weighted by molar-refractivity contribution is 7.14. The minimum absolute atomic E-state index is 0.108. The highest BCUT2D eigenvalue weighted by Crippen LogP contribution is 2.28. The van der Waals surface area contributed by atoms with Gasteiger partial charge in [-0.05, 0) is 19.9 Å². The number of carbonyl (C=O) groups is 1. The maximum Gasteiger partial charge on any atom is 0.349 e. The van der Waals surface area contributed by atoms with Gasteiger partial charge in [-0.25, -0.2) is 4.79 Å². The Hall–Kier alpha value is -1.07. The van der Waals surface area contributed by atoms with Gasteiger partial charge in [0.15, 0.2) is 4.88 Å². The number of rotatable bonds is 4. The van der Waals surface area contributed by atoms with Gasteiger partial charge in [0, 0.05) is 4.88 Å². The van der Waals surface area contributed by atoms with Gasteiger partial charge >= 0.3 is 5.97 Å². The number of carboxylic acids is 1. The van der Waals surface area contributed by atoms with Gasteiger partial charge in [-0.2, -0.15) is 0 Å². The van der Waals surface area contributed by atoms with Gasteiger partial charge in [-0.1, -0.05) is 0 Å². The SMILES string of the molecule is Cc1cc(OCC(C)O)c(C(=O)O)s1. The lowest BCUT2D eigenvalue weighted by Crippen LogP contribution is -2.13. The van der Waals surface area contributed by atoms with Crippen molar-refractivity contribution in [3.05, 3.63) is 15.8 Å². The Kier molecular flexibility index (Phi) is 3.49. The molecule has 1 unspecified atom stereocenters. The van der Waals surface area contributed by atoms with Crippen LogP contribution in [0, 0.1) is 6.92 Å². The Labute approximate surface area is 85.8 Å². The Morgan fingerprint density at radius 3 is 2.86 bits per heavy atom. The molecule has 0 aliphatic carbocycles. The first-order valence-corrected chi connectivity index (χ1v) is 4.97. The largest absolute Gasteiger partial charge is 0.489 e. The van der Waals surface area contributed by atoms with Gasteiger partial charge < -0.3 is 14.9 Å². The minimum atomic E-state index is -0.997. The molecular formula is C9H12O4S. The third kappa shape index (κ3) is 2.71. The molecule has 0 aliphatic rings. The van der Waals surface area contributed by atoms with Crippen LogP contribution in [0.3, 0.4) is 0 Å². The third-order valence-electron chi connectivity index (χ3n) is 1.50. The molecule has 0 fully saturated rings. The van der Waals surface area contributed by atoms with Crippen molar-refractivity contribution in [1.82, 2.24) is 0 Å². The van der Waals surface area contributed by atoms with Crippen LogP contribution in [0.1, 0.15) is 21.5 Å². The van der Waals surface area contributed by atoms with E-state index in [1.54, 1.807) is 13.0 Å². The number of aliphatic hydroxyl groups excluding tert-OH is 1. The fourth-order valence-corrected chi connectivity index (χ4v) is 1.75. The van der Waals surface area contributed by atoms with E-state index in [0.29, 0.717) is 5.75 Å². The molecule has 0 bridgehead atoms. The molecule has 1 atom stereocenters. The first-order valence-electron chi connectivity index (χ1n) is 4.15. The zero-order valence-corrected chi connectivity index (χ0v) is 8.80. The van der Waals surface area contributed by atoms with Crippen LogP contribution in [0.5, 0.6) is 5.75 Å². The summed E-state index contributed by atoms with van der Waals surface area (Å²) in [4.78, 5) is 11.8. The molecule has 1 rings (SSSR count). The lowest BCUT2D eigenvalue weighted by molar-refractivity contribution is 0.0692. The summed E-state index contributed by atoms with van der Waals surface area (Å²) >= 11 is 1.17. The van der Waals surface area contributed by atoms with Gasteiger partial charge in [-0.3, -0.25) is 0 Å². The summed E-state index contributed by atoms with van der Waals surface area (Å²) in [5.74, 6) is -0.662. The molecule has 1 aromatic heterocycles. The number of ether oxygens (including phenoxy) is 1. The summed E-state index contributed by atoms with van der Waals surface area (Å²) < 4.78 is 5.16. The van der Waals surface area contributed by atoms with E-state index in [-0.39, 0.29) is 11.5 Å². The number of aliphatic hydroxyl groups is 1. The van der Waals surface area contributed by atoms with Crippen molar-refractivity contribution in [2.75, 3.05) is 6.61 Å². The highest BCUT2D eigenvalue weighted by Gasteiger charge is 2.15. The number of hydrogen-bond acceptors (Lipinski definition) is 4. The lowest BCUT2D eigenvalue weighted by Gasteiger charge is -2.06. The summed E-state index contributed by atoms with van der Waals surface area (Å²) in [6.45, 7) is 3.50. The van der Waals surface area contributed by atoms with E-state index in [9.17, 15) is 4.79 Å². The fourth-order valence-electron chi connectivity index (χ4n) is 0.958. The van der Waals surface area contributed by atoms with Gasteiger partial charge in [0.25, 0.3) is 0 Å². The van der Waals surface area contributed by atoms with Crippen molar-refractivity contribution < 1.29 is 19.7 Å². The second-order valence-corrected chi connectivity index (χ2v) is 4.27. The van der Waals surface area contributed by atoms with E-state index >= 15 is 0 Å². The number of aromatic carboxylic acids is 1. The lowest BCUT2D eigenvalue weighted by atomic mass is 10.4. The van der Waals surface area contributed by atoms with Crippen molar-refractivity contribution >= 4 is 17.3 Å². The molecule has 0 saturated heterocycles. The molecule has 2 N–H and O–H groups in total. The zero-order chi connectivity index (χ0) is 10.7. The minimum Gasteiger partial charge on any atom is -0.489 e. The average molecular weight is 216 g/mol. The molecule has 0 radical (unpaired) electrons. The standard InChI is InChI=1S/C9H12O4S/c1-5(10)4-13-7-3-6(2)14-8(7)9(11)12/h3,5,10H,4H2,1-2H3,(H,11,12). The van der Waals surface area contributed by atoms with Crippen molar-refractivity contribution in [3.63, 3.8) is 0 Å². The van der Waals surface area contributed by atoms with Crippen LogP contribution >= 0.6 is 11.3 Å². The van der Waals surface area contributed by atoms with E-state index in [0.717, 1.165) is 4.88 Å². The van der Waals surface area contributed by atoms with Gasteiger partial charge in [0.2, 0.25) is 0 Å². The quantitative estimate of drug-likeness (QED) is 0.800. The Morgan fingerprint density at radius 1 is 1.71 bits per heavy atom. The van der Waals surface area contributed by atoms with Crippen LogP contribution in [-0.4, -0.2) is 28.9 Å². The zero-order valence-electron chi connectivity index (χ0n) is 7.98. The van der Waals surface area contributed by atoms with E-state index < -0.39 is 12.1 Å². The van der Waals surface area contributed by atoms with Crippen LogP contribution in [0.2, 0.25) is 0 Å². The second-order valence-electron chi connectivity index (χ2n) is 3.02. The van der Waals surface area contributed by atoms with E-state index in [1.165, 1.54) is 11.3 Å². The molecule has 5 heteroatoms. The Morgan fingerprint density at radius 2 is 2.36 bits per heavy atom. The summed E-state index contributed by atoms with van der Waals surface area (Å²) in [6.07, 6.45) is -0.600. The summed E-state index contributed by atoms with van der Waals surface area (Å²) in [6, 6.07) is 1.66. The molecule has 0 spiro atoms. The molecule has 0 saturated carbocycles. The molecule has 0 aliphatic heterocycles. The molecule has 1 aromatic rings. The Balaban J connectivity index is 2.79. The molecule has 0 aromatic carbocycles. The van der Waals surface area contributed by atoms with Crippen LogP contribution in [0.15, 0.2) is 6.07 Å². The maximum atomic E-state index is 10.7. The van der Waals surface area contributed by atoms with Crippen LogP contribution in [-0.2, 0) is 0 Å². The normalized spacial score (nSPS) is 12.5. The first-order chi connectivity index (χ1) is 6.50. The average Bonchev–Trinajstić information content (AvgIpc) is 2.43. The van der Waals surface area contributed by atoms with Crippen molar-refractivity contribution in [2.24, 2.45) is 0 Å². The molecule has 0 amide bonds. The fraction of sp³-hybridized carbons (Fsp3) is 0.444. The van der Waals surface area contributed by atoms with Crippen LogP contribution in [0.25, 0.3) is 0 Å². The van der Waals surface area contributed by atoms with Crippen LogP contribution in [0.4, 0.5) is 0 Å². The Bertz CT molecular complexity index is 330. The molecular weight excluding hydrogens is 204 g/mol. The maximum absolute atomic E-state index is 10.7.